The van der Waals surface area contributed by atoms with Crippen LogP contribution in [0, 0.1) is 5.92 Å². The van der Waals surface area contributed by atoms with Crippen molar-refractivity contribution in [1.29, 1.82) is 0 Å². The molecule has 0 radical (unpaired) electrons. The van der Waals surface area contributed by atoms with Crippen LogP contribution in [0.25, 0.3) is 5.65 Å². The van der Waals surface area contributed by atoms with Gasteiger partial charge in [-0.3, -0.25) is 14.7 Å². The molecule has 182 valence electrons. The van der Waals surface area contributed by atoms with E-state index >= 15 is 0 Å². The number of hydrogen-bond donors (Lipinski definition) is 2. The summed E-state index contributed by atoms with van der Waals surface area (Å²) in [5.41, 5.74) is 2.21. The second-order valence-corrected chi connectivity index (χ2v) is 8.47. The maximum absolute atomic E-state index is 12.6. The summed E-state index contributed by atoms with van der Waals surface area (Å²) in [7, 11) is 0. The van der Waals surface area contributed by atoms with Gasteiger partial charge in [0.15, 0.2) is 0 Å². The third-order valence-corrected chi connectivity index (χ3v) is 6.01. The minimum Gasteiger partial charge on any atom is -0.493 e. The first-order valence-corrected chi connectivity index (χ1v) is 11.6. The van der Waals surface area contributed by atoms with Crippen LogP contribution < -0.4 is 10.1 Å². The van der Waals surface area contributed by atoms with E-state index in [1.807, 2.05) is 13.0 Å². The zero-order valence-electron chi connectivity index (χ0n) is 19.6. The molecule has 1 aliphatic rings. The first-order valence-electron chi connectivity index (χ1n) is 11.6. The number of nitrogens with zero attached hydrogens (tertiary/aromatic N) is 4. The van der Waals surface area contributed by atoms with Gasteiger partial charge < -0.3 is 19.6 Å². The number of likely N-dealkylation sites (tertiary alicyclic amines) is 1. The molecule has 0 unspecified atom stereocenters. The van der Waals surface area contributed by atoms with Gasteiger partial charge in [0.05, 0.1) is 30.1 Å². The highest BCUT2D eigenvalue weighted by atomic mass is 16.5. The molecule has 1 amide bonds. The highest BCUT2D eigenvalue weighted by Gasteiger charge is 2.19. The number of carbonyl (C=O) groups excluding carboxylic acids is 1. The number of carboxylic acids is 1. The molecule has 0 bridgehead atoms. The van der Waals surface area contributed by atoms with Crippen LogP contribution >= 0.6 is 0 Å². The van der Waals surface area contributed by atoms with Gasteiger partial charge in [-0.05, 0) is 56.0 Å². The van der Waals surface area contributed by atoms with Gasteiger partial charge in [0.25, 0.3) is 5.91 Å². The van der Waals surface area contributed by atoms with Gasteiger partial charge in [-0.15, -0.1) is 0 Å². The number of amides is 1. The number of piperidine rings is 1. The summed E-state index contributed by atoms with van der Waals surface area (Å²) >= 11 is 0. The smallest absolute Gasteiger partial charge is 0.335 e. The lowest BCUT2D eigenvalue weighted by atomic mass is 9.98. The lowest BCUT2D eigenvalue weighted by Gasteiger charge is -2.30. The second kappa shape index (κ2) is 11.4. The lowest BCUT2D eigenvalue weighted by Crippen LogP contribution is -2.35. The molecule has 9 heteroatoms. The van der Waals surface area contributed by atoms with Crippen LogP contribution in [-0.4, -0.2) is 63.8 Å². The van der Waals surface area contributed by atoms with E-state index < -0.39 is 5.97 Å². The van der Waals surface area contributed by atoms with E-state index in [0.29, 0.717) is 36.2 Å². The number of ether oxygens (including phenoxy) is 1. The van der Waals surface area contributed by atoms with Crippen molar-refractivity contribution in [2.75, 3.05) is 26.4 Å². The Hall–Kier alpha value is -3.98. The normalized spacial score (nSPS) is 15.5. The van der Waals surface area contributed by atoms with E-state index in [1.54, 1.807) is 65.6 Å². The summed E-state index contributed by atoms with van der Waals surface area (Å²) in [5, 5.41) is 12.0. The number of hydrogen-bond acceptors (Lipinski definition) is 6. The number of fused-ring (bicyclic) bond motifs is 1. The fourth-order valence-electron chi connectivity index (χ4n) is 3.92. The van der Waals surface area contributed by atoms with Crippen molar-refractivity contribution in [3.05, 3.63) is 77.9 Å². The Balaban J connectivity index is 1.20. The van der Waals surface area contributed by atoms with Gasteiger partial charge in [0.1, 0.15) is 11.4 Å². The number of benzene rings is 1. The van der Waals surface area contributed by atoms with Crippen molar-refractivity contribution >= 4 is 23.7 Å². The van der Waals surface area contributed by atoms with Crippen LogP contribution in [0.1, 0.15) is 40.5 Å². The lowest BCUT2D eigenvalue weighted by molar-refractivity contribution is 0.0695. The summed E-state index contributed by atoms with van der Waals surface area (Å²) in [6.07, 6.45) is 10.7. The van der Waals surface area contributed by atoms with Crippen molar-refractivity contribution in [3.8, 4) is 5.75 Å². The quantitative estimate of drug-likeness (QED) is 0.459. The molecule has 0 spiro atoms. The van der Waals surface area contributed by atoms with Crippen molar-refractivity contribution in [2.45, 2.75) is 19.8 Å². The number of pyridine rings is 1. The number of imidazole rings is 1. The Kier molecular flexibility index (Phi) is 7.89. The molecule has 35 heavy (non-hydrogen) atoms. The standard InChI is InChI=1S/C26H29N5O4/c1-2-22(29-25(32)21-6-7-24-28-10-13-31(24)16-21)15-27-18-30-11-8-19(9-12-30)17-35-23-5-3-4-20(14-23)26(33)34/h2-7,10,13-16,19H,8-9,11-12,17-18H2,1H3,(H,29,32)(H,33,34). The third kappa shape index (κ3) is 6.54. The zero-order chi connectivity index (χ0) is 24.6. The molecule has 3 heterocycles. The van der Waals surface area contributed by atoms with Gasteiger partial charge in [0, 0.05) is 37.9 Å². The Morgan fingerprint density at radius 2 is 2.06 bits per heavy atom. The van der Waals surface area contributed by atoms with Gasteiger partial charge in [-0.2, -0.15) is 0 Å². The second-order valence-electron chi connectivity index (χ2n) is 8.47. The van der Waals surface area contributed by atoms with E-state index in [0.717, 1.165) is 31.6 Å². The van der Waals surface area contributed by atoms with Crippen LogP contribution in [0.5, 0.6) is 5.75 Å². The molecule has 4 rings (SSSR count). The van der Waals surface area contributed by atoms with Crippen LogP contribution in [0.3, 0.4) is 0 Å². The summed E-state index contributed by atoms with van der Waals surface area (Å²) < 4.78 is 7.63. The molecular weight excluding hydrogens is 446 g/mol. The molecule has 0 atom stereocenters. The highest BCUT2D eigenvalue weighted by Crippen LogP contribution is 2.20. The average molecular weight is 476 g/mol. The molecule has 1 aliphatic heterocycles. The summed E-state index contributed by atoms with van der Waals surface area (Å²) in [6.45, 7) is 4.80. The summed E-state index contributed by atoms with van der Waals surface area (Å²) in [4.78, 5) is 34.7. The summed E-state index contributed by atoms with van der Waals surface area (Å²) in [5.74, 6) is -0.152. The van der Waals surface area contributed by atoms with Crippen LogP contribution in [-0.2, 0) is 0 Å². The molecule has 1 fully saturated rings. The molecule has 2 aromatic heterocycles. The van der Waals surface area contributed by atoms with Gasteiger partial charge in [0.2, 0.25) is 0 Å². The topological polar surface area (TPSA) is 109 Å². The number of aliphatic imine (C=N–C) groups is 1. The summed E-state index contributed by atoms with van der Waals surface area (Å²) in [6, 6.07) is 10.1. The van der Waals surface area contributed by atoms with Crippen molar-refractivity contribution in [3.63, 3.8) is 0 Å². The van der Waals surface area contributed by atoms with E-state index in [4.69, 9.17) is 9.84 Å². The van der Waals surface area contributed by atoms with Crippen LogP contribution in [0.2, 0.25) is 0 Å². The molecule has 0 aliphatic carbocycles. The molecule has 2 N–H and O–H groups in total. The molecule has 1 aromatic carbocycles. The third-order valence-electron chi connectivity index (χ3n) is 6.01. The SMILES string of the molecule is CC=C(C=NCN1CCC(COc2cccc(C(=O)O)c2)CC1)NC(=O)c1ccc2nccn2c1. The van der Waals surface area contributed by atoms with Gasteiger partial charge in [-0.25, -0.2) is 9.78 Å². The average Bonchev–Trinajstić information content (AvgIpc) is 3.35. The minimum absolute atomic E-state index is 0.199. The molecule has 9 nitrogen and oxygen atoms in total. The maximum Gasteiger partial charge on any atom is 0.335 e. The van der Waals surface area contributed by atoms with Crippen molar-refractivity contribution in [1.82, 2.24) is 19.6 Å². The Morgan fingerprint density at radius 3 is 2.83 bits per heavy atom. The van der Waals surface area contributed by atoms with E-state index in [9.17, 15) is 9.59 Å². The number of carbonyl (C=O) groups is 2. The number of aromatic carboxylic acids is 1. The zero-order valence-corrected chi connectivity index (χ0v) is 19.6. The Bertz CT molecular complexity index is 1240. The van der Waals surface area contributed by atoms with E-state index in [2.05, 4.69) is 20.2 Å². The van der Waals surface area contributed by atoms with E-state index in [-0.39, 0.29) is 11.5 Å². The number of rotatable bonds is 9. The Labute approximate surface area is 203 Å². The number of nitrogens with one attached hydrogen (secondary N) is 1. The molecular formula is C26H29N5O4. The van der Waals surface area contributed by atoms with Crippen LogP contribution in [0.15, 0.2) is 71.8 Å². The van der Waals surface area contributed by atoms with Crippen molar-refractivity contribution in [2.24, 2.45) is 10.9 Å². The number of aromatic nitrogens is 2. The first-order chi connectivity index (χ1) is 17.0. The van der Waals surface area contributed by atoms with Gasteiger partial charge in [-0.1, -0.05) is 12.1 Å². The minimum atomic E-state index is -0.957. The maximum atomic E-state index is 12.6. The van der Waals surface area contributed by atoms with Crippen LogP contribution in [0.4, 0.5) is 0 Å². The molecule has 1 saturated heterocycles. The number of carboxylic acid groups (broad SMARTS) is 1. The van der Waals surface area contributed by atoms with Crippen molar-refractivity contribution < 1.29 is 19.4 Å². The fraction of sp³-hybridized carbons (Fsp3) is 0.308. The van der Waals surface area contributed by atoms with E-state index in [1.165, 1.54) is 0 Å². The fourth-order valence-corrected chi connectivity index (χ4v) is 3.92. The molecule has 0 saturated carbocycles. The van der Waals surface area contributed by atoms with Gasteiger partial charge >= 0.3 is 5.97 Å². The first kappa shape index (κ1) is 24.2. The Morgan fingerprint density at radius 1 is 1.23 bits per heavy atom. The predicted molar refractivity (Wildman–Crippen MR) is 133 cm³/mol. The highest BCUT2D eigenvalue weighted by molar-refractivity contribution is 5.98. The predicted octanol–water partition coefficient (Wildman–Crippen LogP) is 3.49. The monoisotopic (exact) mass is 475 g/mol. The largest absolute Gasteiger partial charge is 0.493 e. The molecule has 3 aromatic rings. The number of allylic oxidation sites excluding steroid dienone is 2.